The highest BCUT2D eigenvalue weighted by molar-refractivity contribution is 5.74. The zero-order valence-corrected chi connectivity index (χ0v) is 13.4. The molecule has 122 valence electrons. The summed E-state index contributed by atoms with van der Waals surface area (Å²) in [5.41, 5.74) is 0.823. The van der Waals surface area contributed by atoms with E-state index in [0.717, 1.165) is 37.2 Å². The van der Waals surface area contributed by atoms with E-state index < -0.39 is 0 Å². The van der Waals surface area contributed by atoms with Gasteiger partial charge in [-0.1, -0.05) is 18.9 Å². The van der Waals surface area contributed by atoms with Crippen LogP contribution in [0.25, 0.3) is 0 Å². The van der Waals surface area contributed by atoms with Crippen LogP contribution in [-0.2, 0) is 6.54 Å². The first-order chi connectivity index (χ1) is 10.6. The second-order valence-electron chi connectivity index (χ2n) is 6.04. The molecule has 1 saturated carbocycles. The number of nitrogens with zero attached hydrogens (tertiary/aromatic N) is 2. The third-order valence-electron chi connectivity index (χ3n) is 4.14. The Labute approximate surface area is 131 Å². The molecule has 1 aliphatic rings. The maximum absolute atomic E-state index is 12.0. The molecule has 1 fully saturated rings. The number of urea groups is 1. The Hall–Kier alpha value is -1.82. The predicted molar refractivity (Wildman–Crippen MR) is 86.8 cm³/mol. The summed E-state index contributed by atoms with van der Waals surface area (Å²) in [6.45, 7) is 0.529. The number of hydrogen-bond donors (Lipinski definition) is 3. The zero-order chi connectivity index (χ0) is 15.9. The molecule has 1 aromatic heterocycles. The molecule has 3 N–H and O–H groups in total. The van der Waals surface area contributed by atoms with E-state index in [1.807, 2.05) is 37.2 Å². The molecule has 0 aromatic carbocycles. The first-order valence-corrected chi connectivity index (χ1v) is 7.88. The normalized spacial score (nSPS) is 21.2. The molecule has 2 unspecified atom stereocenters. The van der Waals surface area contributed by atoms with Gasteiger partial charge in [0, 0.05) is 32.7 Å². The Kier molecular flexibility index (Phi) is 6.00. The fourth-order valence-electron chi connectivity index (χ4n) is 2.82. The van der Waals surface area contributed by atoms with Crippen LogP contribution in [0.15, 0.2) is 18.2 Å². The van der Waals surface area contributed by atoms with Gasteiger partial charge in [-0.25, -0.2) is 9.78 Å². The van der Waals surface area contributed by atoms with Crippen molar-refractivity contribution in [2.24, 2.45) is 5.92 Å². The van der Waals surface area contributed by atoms with Crippen molar-refractivity contribution in [2.45, 2.75) is 38.3 Å². The second-order valence-corrected chi connectivity index (χ2v) is 6.04. The molecule has 1 aliphatic carbocycles. The summed E-state index contributed by atoms with van der Waals surface area (Å²) in [4.78, 5) is 18.4. The summed E-state index contributed by atoms with van der Waals surface area (Å²) in [6, 6.07) is 5.63. The van der Waals surface area contributed by atoms with Gasteiger partial charge in [-0.15, -0.1) is 0 Å². The number of carbonyl (C=O) groups excluding carboxylic acids is 1. The lowest BCUT2D eigenvalue weighted by atomic mass is 9.85. The fraction of sp³-hybridized carbons (Fsp3) is 0.625. The molecule has 0 aliphatic heterocycles. The van der Waals surface area contributed by atoms with Crippen molar-refractivity contribution in [3.8, 4) is 0 Å². The molecular formula is C16H26N4O2. The fourth-order valence-corrected chi connectivity index (χ4v) is 2.82. The van der Waals surface area contributed by atoms with E-state index in [0.29, 0.717) is 6.54 Å². The first-order valence-electron chi connectivity index (χ1n) is 7.88. The molecule has 6 heteroatoms. The molecular weight excluding hydrogens is 280 g/mol. The van der Waals surface area contributed by atoms with Crippen molar-refractivity contribution < 1.29 is 9.90 Å². The van der Waals surface area contributed by atoms with Crippen molar-refractivity contribution >= 4 is 11.8 Å². The molecule has 22 heavy (non-hydrogen) atoms. The lowest BCUT2D eigenvalue weighted by Gasteiger charge is -2.30. The Morgan fingerprint density at radius 1 is 1.36 bits per heavy atom. The topological polar surface area (TPSA) is 77.5 Å². The van der Waals surface area contributed by atoms with E-state index in [-0.39, 0.29) is 24.6 Å². The SMILES string of the molecule is CN(C)c1cccc(CNC(=O)NC2CCCCC2CO)n1. The van der Waals surface area contributed by atoms with Gasteiger partial charge in [-0.05, 0) is 25.0 Å². The minimum atomic E-state index is -0.192. The van der Waals surface area contributed by atoms with Crippen LogP contribution in [0.2, 0.25) is 0 Å². The van der Waals surface area contributed by atoms with Gasteiger partial charge in [0.15, 0.2) is 0 Å². The van der Waals surface area contributed by atoms with Gasteiger partial charge in [0.25, 0.3) is 0 Å². The number of aliphatic hydroxyl groups is 1. The van der Waals surface area contributed by atoms with Gasteiger partial charge >= 0.3 is 6.03 Å². The lowest BCUT2D eigenvalue weighted by molar-refractivity contribution is 0.153. The Morgan fingerprint density at radius 2 is 2.14 bits per heavy atom. The predicted octanol–water partition coefficient (Wildman–Crippen LogP) is 1.50. The maximum Gasteiger partial charge on any atom is 0.315 e. The van der Waals surface area contributed by atoms with E-state index in [1.165, 1.54) is 0 Å². The number of anilines is 1. The summed E-state index contributed by atoms with van der Waals surface area (Å²) < 4.78 is 0. The Morgan fingerprint density at radius 3 is 2.86 bits per heavy atom. The number of hydrogen-bond acceptors (Lipinski definition) is 4. The second kappa shape index (κ2) is 7.98. The smallest absolute Gasteiger partial charge is 0.315 e. The number of nitrogens with one attached hydrogen (secondary N) is 2. The third-order valence-corrected chi connectivity index (χ3v) is 4.14. The Bertz CT molecular complexity index is 493. The van der Waals surface area contributed by atoms with E-state index >= 15 is 0 Å². The van der Waals surface area contributed by atoms with E-state index in [1.54, 1.807) is 0 Å². The lowest BCUT2D eigenvalue weighted by Crippen LogP contribution is -2.47. The maximum atomic E-state index is 12.0. The molecule has 0 spiro atoms. The van der Waals surface area contributed by atoms with Gasteiger partial charge in [0.2, 0.25) is 0 Å². The number of rotatable bonds is 5. The van der Waals surface area contributed by atoms with Crippen molar-refractivity contribution in [1.82, 2.24) is 15.6 Å². The molecule has 2 rings (SSSR count). The standard InChI is InChI=1S/C16H26N4O2/c1-20(2)15-9-5-7-13(18-15)10-17-16(22)19-14-8-4-3-6-12(14)11-21/h5,7,9,12,14,21H,3-4,6,8,10-11H2,1-2H3,(H2,17,19,22). The number of carbonyl (C=O) groups is 1. The molecule has 0 saturated heterocycles. The summed E-state index contributed by atoms with van der Waals surface area (Å²) in [5, 5.41) is 15.2. The summed E-state index contributed by atoms with van der Waals surface area (Å²) in [7, 11) is 3.87. The largest absolute Gasteiger partial charge is 0.396 e. The molecule has 6 nitrogen and oxygen atoms in total. The molecule has 2 amide bonds. The van der Waals surface area contributed by atoms with Gasteiger partial charge < -0.3 is 20.6 Å². The monoisotopic (exact) mass is 306 g/mol. The van der Waals surface area contributed by atoms with Crippen molar-refractivity contribution in [3.63, 3.8) is 0 Å². The average Bonchev–Trinajstić information content (AvgIpc) is 2.53. The quantitative estimate of drug-likeness (QED) is 0.770. The number of amides is 2. The van der Waals surface area contributed by atoms with E-state index in [2.05, 4.69) is 15.6 Å². The average molecular weight is 306 g/mol. The first kappa shape index (κ1) is 16.5. The molecule has 2 atom stereocenters. The van der Waals surface area contributed by atoms with Crippen LogP contribution in [-0.4, -0.2) is 42.9 Å². The van der Waals surface area contributed by atoms with Gasteiger partial charge in [-0.2, -0.15) is 0 Å². The molecule has 0 bridgehead atoms. The minimum Gasteiger partial charge on any atom is -0.396 e. The van der Waals surface area contributed by atoms with Crippen LogP contribution in [0, 0.1) is 5.92 Å². The van der Waals surface area contributed by atoms with Gasteiger partial charge in [-0.3, -0.25) is 0 Å². The van der Waals surface area contributed by atoms with Crippen LogP contribution in [0.5, 0.6) is 0 Å². The van der Waals surface area contributed by atoms with Crippen LogP contribution < -0.4 is 15.5 Å². The number of aliphatic hydroxyl groups excluding tert-OH is 1. The Balaban J connectivity index is 1.83. The van der Waals surface area contributed by atoms with Crippen LogP contribution in [0.1, 0.15) is 31.4 Å². The summed E-state index contributed by atoms with van der Waals surface area (Å²) >= 11 is 0. The van der Waals surface area contributed by atoms with Gasteiger partial charge in [0.1, 0.15) is 5.82 Å². The molecule has 1 heterocycles. The number of pyridine rings is 1. The van der Waals surface area contributed by atoms with Crippen molar-refractivity contribution in [3.05, 3.63) is 23.9 Å². The number of aromatic nitrogens is 1. The van der Waals surface area contributed by atoms with Crippen LogP contribution >= 0.6 is 0 Å². The van der Waals surface area contributed by atoms with E-state index in [4.69, 9.17) is 0 Å². The van der Waals surface area contributed by atoms with Crippen molar-refractivity contribution in [1.29, 1.82) is 0 Å². The summed E-state index contributed by atoms with van der Waals surface area (Å²) in [6.07, 6.45) is 4.15. The molecule has 1 aromatic rings. The third kappa shape index (κ3) is 4.59. The van der Waals surface area contributed by atoms with Gasteiger partial charge in [0.05, 0.1) is 12.2 Å². The molecule has 0 radical (unpaired) electrons. The summed E-state index contributed by atoms with van der Waals surface area (Å²) in [5.74, 6) is 1.04. The van der Waals surface area contributed by atoms with Crippen LogP contribution in [0.3, 0.4) is 0 Å². The highest BCUT2D eigenvalue weighted by Crippen LogP contribution is 2.23. The minimum absolute atomic E-state index is 0.0693. The van der Waals surface area contributed by atoms with Crippen molar-refractivity contribution in [2.75, 3.05) is 25.6 Å². The van der Waals surface area contributed by atoms with Crippen LogP contribution in [0.4, 0.5) is 10.6 Å². The highest BCUT2D eigenvalue weighted by atomic mass is 16.3. The zero-order valence-electron chi connectivity index (χ0n) is 13.4. The highest BCUT2D eigenvalue weighted by Gasteiger charge is 2.25. The van der Waals surface area contributed by atoms with E-state index in [9.17, 15) is 9.90 Å².